The Morgan fingerprint density at radius 3 is 2.47 bits per heavy atom. The Morgan fingerprint density at radius 1 is 1.32 bits per heavy atom. The van der Waals surface area contributed by atoms with E-state index < -0.39 is 0 Å². The number of amides is 1. The molecule has 1 aliphatic heterocycles. The van der Waals surface area contributed by atoms with E-state index in [-0.39, 0.29) is 5.91 Å². The van der Waals surface area contributed by atoms with Gasteiger partial charge in [-0.2, -0.15) is 0 Å². The van der Waals surface area contributed by atoms with Gasteiger partial charge in [0.15, 0.2) is 10.9 Å². The van der Waals surface area contributed by atoms with E-state index in [9.17, 15) is 4.79 Å². The van der Waals surface area contributed by atoms with Gasteiger partial charge in [0.2, 0.25) is 0 Å². The van der Waals surface area contributed by atoms with E-state index >= 15 is 0 Å². The Bertz CT molecular complexity index is 437. The van der Waals surface area contributed by atoms with E-state index in [2.05, 4.69) is 24.1 Å². The van der Waals surface area contributed by atoms with Crippen molar-refractivity contribution in [2.45, 2.75) is 19.9 Å². The summed E-state index contributed by atoms with van der Waals surface area (Å²) in [6.45, 7) is 6.96. The second kappa shape index (κ2) is 6.06. The Hall–Kier alpha value is -1.56. The van der Waals surface area contributed by atoms with Crippen LogP contribution < -0.4 is 5.32 Å². The number of piperazine rings is 1. The van der Waals surface area contributed by atoms with Gasteiger partial charge in [0, 0.05) is 32.2 Å². The molecule has 104 valence electrons. The summed E-state index contributed by atoms with van der Waals surface area (Å²) in [5.74, 6) is 0.351. The molecule has 0 saturated carbocycles. The van der Waals surface area contributed by atoms with Gasteiger partial charge in [-0.15, -0.1) is 0 Å². The molecule has 6 heteroatoms. The summed E-state index contributed by atoms with van der Waals surface area (Å²) in [4.78, 5) is 16.0. The first-order valence-corrected chi connectivity index (χ1v) is 6.87. The van der Waals surface area contributed by atoms with Gasteiger partial charge in [0.25, 0.3) is 5.91 Å². The standard InChI is InChI=1S/C13H19N3O2S/c1-10(2)14-13(19)16-7-5-15(6-8-16)12(17)11-4-3-9-18-11/h3-4,9-10H,5-8H2,1-2H3,(H,14,19). The van der Waals surface area contributed by atoms with Crippen molar-refractivity contribution in [1.82, 2.24) is 15.1 Å². The summed E-state index contributed by atoms with van der Waals surface area (Å²) in [7, 11) is 0. The van der Waals surface area contributed by atoms with Crippen LogP contribution in [0.15, 0.2) is 22.8 Å². The molecule has 1 saturated heterocycles. The highest BCUT2D eigenvalue weighted by molar-refractivity contribution is 7.80. The van der Waals surface area contributed by atoms with Crippen molar-refractivity contribution in [2.75, 3.05) is 26.2 Å². The lowest BCUT2D eigenvalue weighted by atomic mass is 10.3. The second-order valence-corrected chi connectivity index (χ2v) is 5.25. The van der Waals surface area contributed by atoms with Crippen LogP contribution in [0.25, 0.3) is 0 Å². The first-order chi connectivity index (χ1) is 9.08. The molecule has 0 bridgehead atoms. The maximum absolute atomic E-state index is 12.1. The van der Waals surface area contributed by atoms with Crippen LogP contribution in [0.1, 0.15) is 24.4 Å². The molecule has 5 nitrogen and oxygen atoms in total. The third-order valence-corrected chi connectivity index (χ3v) is 3.37. The number of furan rings is 1. The van der Waals surface area contributed by atoms with Gasteiger partial charge >= 0.3 is 0 Å². The molecule has 0 radical (unpaired) electrons. The molecular formula is C13H19N3O2S. The Labute approximate surface area is 118 Å². The van der Waals surface area contributed by atoms with Gasteiger partial charge in [0.1, 0.15) is 0 Å². The average molecular weight is 281 g/mol. The molecule has 1 aromatic rings. The molecule has 2 rings (SSSR count). The molecule has 0 spiro atoms. The van der Waals surface area contributed by atoms with Gasteiger partial charge in [-0.3, -0.25) is 4.79 Å². The van der Waals surface area contributed by atoms with E-state index in [0.717, 1.165) is 18.2 Å². The number of nitrogens with one attached hydrogen (secondary N) is 1. The number of carbonyl (C=O) groups is 1. The summed E-state index contributed by atoms with van der Waals surface area (Å²) < 4.78 is 5.13. The maximum atomic E-state index is 12.1. The van der Waals surface area contributed by atoms with Crippen molar-refractivity contribution in [3.63, 3.8) is 0 Å². The molecule has 1 aliphatic rings. The lowest BCUT2D eigenvalue weighted by Gasteiger charge is -2.36. The molecule has 1 N–H and O–H groups in total. The number of rotatable bonds is 2. The molecule has 1 fully saturated rings. The first kappa shape index (κ1) is 13.9. The molecular weight excluding hydrogens is 262 g/mol. The van der Waals surface area contributed by atoms with Gasteiger partial charge < -0.3 is 19.5 Å². The number of hydrogen-bond donors (Lipinski definition) is 1. The van der Waals surface area contributed by atoms with E-state index in [1.807, 2.05) is 0 Å². The maximum Gasteiger partial charge on any atom is 0.289 e. The Kier molecular flexibility index (Phi) is 4.42. The zero-order valence-electron chi connectivity index (χ0n) is 11.3. The zero-order chi connectivity index (χ0) is 13.8. The SMILES string of the molecule is CC(C)NC(=S)N1CCN(C(=O)c2ccco2)CC1. The normalized spacial score (nSPS) is 15.7. The third-order valence-electron chi connectivity index (χ3n) is 3.00. The number of carbonyl (C=O) groups excluding carboxylic acids is 1. The van der Waals surface area contributed by atoms with Gasteiger partial charge in [-0.1, -0.05) is 0 Å². The molecule has 1 aromatic heterocycles. The minimum Gasteiger partial charge on any atom is -0.459 e. The van der Waals surface area contributed by atoms with Crippen LogP contribution in [0.2, 0.25) is 0 Å². The van der Waals surface area contributed by atoms with Crippen molar-refractivity contribution >= 4 is 23.2 Å². The smallest absolute Gasteiger partial charge is 0.289 e. The predicted molar refractivity (Wildman–Crippen MR) is 77.1 cm³/mol. The Balaban J connectivity index is 1.86. The van der Waals surface area contributed by atoms with Gasteiger partial charge in [0.05, 0.1) is 6.26 Å². The number of hydrogen-bond acceptors (Lipinski definition) is 3. The van der Waals surface area contributed by atoms with Crippen molar-refractivity contribution in [1.29, 1.82) is 0 Å². The zero-order valence-corrected chi connectivity index (χ0v) is 12.1. The second-order valence-electron chi connectivity index (χ2n) is 4.86. The van der Waals surface area contributed by atoms with Gasteiger partial charge in [-0.25, -0.2) is 0 Å². The Morgan fingerprint density at radius 2 is 1.95 bits per heavy atom. The van der Waals surface area contributed by atoms with E-state index in [1.165, 1.54) is 6.26 Å². The highest BCUT2D eigenvalue weighted by atomic mass is 32.1. The molecule has 2 heterocycles. The average Bonchev–Trinajstić information content (AvgIpc) is 2.91. The highest BCUT2D eigenvalue weighted by Gasteiger charge is 2.24. The highest BCUT2D eigenvalue weighted by Crippen LogP contribution is 2.09. The number of thiocarbonyl (C=S) groups is 1. The van der Waals surface area contributed by atoms with Crippen LogP contribution in [0, 0.1) is 0 Å². The largest absolute Gasteiger partial charge is 0.459 e. The van der Waals surface area contributed by atoms with Crippen molar-refractivity contribution in [3.05, 3.63) is 24.2 Å². The molecule has 0 atom stereocenters. The van der Waals surface area contributed by atoms with Crippen LogP contribution in [0.5, 0.6) is 0 Å². The summed E-state index contributed by atoms with van der Waals surface area (Å²) >= 11 is 5.33. The summed E-state index contributed by atoms with van der Waals surface area (Å²) in [6.07, 6.45) is 1.52. The van der Waals surface area contributed by atoms with Crippen LogP contribution in [-0.4, -0.2) is 53.0 Å². The lowest BCUT2D eigenvalue weighted by molar-refractivity contribution is 0.0659. The van der Waals surface area contributed by atoms with Crippen molar-refractivity contribution < 1.29 is 9.21 Å². The minimum atomic E-state index is -0.0487. The molecule has 1 amide bonds. The number of nitrogens with zero attached hydrogens (tertiary/aromatic N) is 2. The van der Waals surface area contributed by atoms with Crippen molar-refractivity contribution in [2.24, 2.45) is 0 Å². The van der Waals surface area contributed by atoms with Crippen LogP contribution in [-0.2, 0) is 0 Å². The fraction of sp³-hybridized carbons (Fsp3) is 0.538. The third kappa shape index (κ3) is 3.47. The monoisotopic (exact) mass is 281 g/mol. The quantitative estimate of drug-likeness (QED) is 0.829. The summed E-state index contributed by atoms with van der Waals surface area (Å²) in [5, 5.41) is 3.98. The summed E-state index contributed by atoms with van der Waals surface area (Å²) in [5.41, 5.74) is 0. The van der Waals surface area contributed by atoms with E-state index in [0.29, 0.717) is 24.9 Å². The molecule has 0 aromatic carbocycles. The van der Waals surface area contributed by atoms with E-state index in [1.54, 1.807) is 17.0 Å². The first-order valence-electron chi connectivity index (χ1n) is 6.46. The minimum absolute atomic E-state index is 0.0487. The molecule has 0 unspecified atom stereocenters. The van der Waals surface area contributed by atoms with E-state index in [4.69, 9.17) is 16.6 Å². The van der Waals surface area contributed by atoms with Crippen molar-refractivity contribution in [3.8, 4) is 0 Å². The van der Waals surface area contributed by atoms with Crippen LogP contribution >= 0.6 is 12.2 Å². The van der Waals surface area contributed by atoms with Crippen LogP contribution in [0.4, 0.5) is 0 Å². The predicted octanol–water partition coefficient (Wildman–Crippen LogP) is 1.32. The van der Waals surface area contributed by atoms with Crippen LogP contribution in [0.3, 0.4) is 0 Å². The topological polar surface area (TPSA) is 48.7 Å². The lowest BCUT2D eigenvalue weighted by Crippen LogP contribution is -2.53. The van der Waals surface area contributed by atoms with Gasteiger partial charge in [-0.05, 0) is 38.2 Å². The summed E-state index contributed by atoms with van der Waals surface area (Å²) in [6, 6.07) is 3.75. The molecule has 19 heavy (non-hydrogen) atoms. The fourth-order valence-electron chi connectivity index (χ4n) is 2.01. The molecule has 0 aliphatic carbocycles. The fourth-order valence-corrected chi connectivity index (χ4v) is 2.43.